The predicted octanol–water partition coefficient (Wildman–Crippen LogP) is -0.138. The van der Waals surface area contributed by atoms with E-state index < -0.39 is 54.6 Å². The summed E-state index contributed by atoms with van der Waals surface area (Å²) in [7, 11) is 1.39. The highest BCUT2D eigenvalue weighted by Gasteiger charge is 2.38. The first-order chi connectivity index (χ1) is 17.6. The van der Waals surface area contributed by atoms with Crippen molar-refractivity contribution in [3.8, 4) is 0 Å². The number of para-hydroxylation sites is 1. The van der Waals surface area contributed by atoms with Crippen molar-refractivity contribution in [3.05, 3.63) is 65.7 Å². The van der Waals surface area contributed by atoms with Crippen LogP contribution in [0.1, 0.15) is 18.1 Å². The van der Waals surface area contributed by atoms with E-state index in [1.54, 1.807) is 48.5 Å². The lowest BCUT2D eigenvalue weighted by molar-refractivity contribution is -0.144. The van der Waals surface area contributed by atoms with Crippen LogP contribution in [0.15, 0.2) is 59.6 Å². The smallest absolute Gasteiger partial charge is 0.328 e. The third kappa shape index (κ3) is 6.16. The summed E-state index contributed by atoms with van der Waals surface area (Å²) in [5.74, 6) is -3.47. The average Bonchev–Trinajstić information content (AvgIpc) is 3.01. The van der Waals surface area contributed by atoms with Gasteiger partial charge in [0.1, 0.15) is 6.54 Å². The van der Waals surface area contributed by atoms with Crippen molar-refractivity contribution in [1.82, 2.24) is 10.2 Å². The van der Waals surface area contributed by atoms with E-state index in [1.165, 1.54) is 14.0 Å². The molecule has 1 heterocycles. The number of aliphatic carboxylic acids is 1. The number of hydrogen-bond donors (Lipinski definition) is 5. The number of aliphatic imine (C=N–C) groups is 1. The van der Waals surface area contributed by atoms with Gasteiger partial charge in [-0.15, -0.1) is 0 Å². The summed E-state index contributed by atoms with van der Waals surface area (Å²) >= 11 is 4.08. The van der Waals surface area contributed by atoms with Crippen LogP contribution in [0, 0.1) is 0 Å². The third-order valence-electron chi connectivity index (χ3n) is 5.83. The molecule has 1 aliphatic rings. The van der Waals surface area contributed by atoms with Crippen molar-refractivity contribution in [3.63, 3.8) is 0 Å². The number of carbonyl (C=O) groups excluding carboxylic acids is 3. The van der Waals surface area contributed by atoms with Crippen LogP contribution in [-0.2, 0) is 19.2 Å². The van der Waals surface area contributed by atoms with Gasteiger partial charge in [0.15, 0.2) is 6.04 Å². The quantitative estimate of drug-likeness (QED) is 0.283. The molecule has 1 aliphatic heterocycles. The van der Waals surface area contributed by atoms with Gasteiger partial charge in [0, 0.05) is 23.9 Å². The molecule has 11 nitrogen and oxygen atoms in total. The molecule has 0 bridgehead atoms. The van der Waals surface area contributed by atoms with Gasteiger partial charge in [-0.3, -0.25) is 19.3 Å². The van der Waals surface area contributed by atoms with Crippen LogP contribution in [0.25, 0.3) is 0 Å². The lowest BCUT2D eigenvalue weighted by Crippen LogP contribution is -2.55. The number of amides is 3. The first-order valence-electron chi connectivity index (χ1n) is 11.4. The van der Waals surface area contributed by atoms with E-state index in [4.69, 9.17) is 5.73 Å². The van der Waals surface area contributed by atoms with Crippen molar-refractivity contribution in [2.75, 3.05) is 24.2 Å². The number of likely N-dealkylation sites (N-methyl/N-ethyl adjacent to an activating group) is 1. The van der Waals surface area contributed by atoms with Crippen LogP contribution in [0.4, 0.5) is 5.69 Å². The molecular formula is C25H29N5O6S. The van der Waals surface area contributed by atoms with E-state index in [2.05, 4.69) is 22.9 Å². The zero-order chi connectivity index (χ0) is 27.3. The molecule has 0 fully saturated rings. The minimum atomic E-state index is -1.57. The number of carbonyl (C=O) groups is 4. The standard InChI is InChI=1S/C25H29N5O6S/c1-14(31)20(25(35)36)27-19(32)12-30-18-11-7-6-10-16(18)21(15-8-4-3-5-9-15)28-22(24(30)34)29(2)23(33)17(26)13-37/h3-11,14,17,20,22,31,37H,12-13,26H2,1-2H3,(H,27,32)(H,35,36)/t14-,17?,20+,22?/m1/s1. The van der Waals surface area contributed by atoms with Gasteiger partial charge in [-0.25, -0.2) is 9.79 Å². The number of rotatable bonds is 9. The first kappa shape index (κ1) is 27.8. The van der Waals surface area contributed by atoms with E-state index in [0.717, 1.165) is 9.80 Å². The molecule has 3 rings (SSSR count). The van der Waals surface area contributed by atoms with E-state index in [-0.39, 0.29) is 5.75 Å². The second-order valence-corrected chi connectivity index (χ2v) is 8.89. The van der Waals surface area contributed by atoms with Gasteiger partial charge < -0.3 is 26.2 Å². The predicted molar refractivity (Wildman–Crippen MR) is 141 cm³/mol. The minimum absolute atomic E-state index is 0.0433. The molecule has 5 N–H and O–H groups in total. The van der Waals surface area contributed by atoms with Crippen LogP contribution in [-0.4, -0.2) is 88.2 Å². The zero-order valence-corrected chi connectivity index (χ0v) is 21.2. The summed E-state index contributed by atoms with van der Waals surface area (Å²) in [6.45, 7) is 0.647. The first-order valence-corrected chi connectivity index (χ1v) is 12.1. The molecule has 2 aromatic rings. The summed E-state index contributed by atoms with van der Waals surface area (Å²) in [5, 5.41) is 21.3. The van der Waals surface area contributed by atoms with Gasteiger partial charge in [0.2, 0.25) is 18.0 Å². The van der Waals surface area contributed by atoms with Gasteiger partial charge in [0.25, 0.3) is 5.91 Å². The Balaban J connectivity index is 2.11. The van der Waals surface area contributed by atoms with E-state index in [0.29, 0.717) is 22.5 Å². The summed E-state index contributed by atoms with van der Waals surface area (Å²) in [4.78, 5) is 58.0. The maximum absolute atomic E-state index is 13.9. The number of nitrogens with one attached hydrogen (secondary N) is 1. The third-order valence-corrected chi connectivity index (χ3v) is 6.22. The molecule has 0 saturated carbocycles. The summed E-state index contributed by atoms with van der Waals surface area (Å²) in [5.41, 5.74) is 7.85. The van der Waals surface area contributed by atoms with Crippen molar-refractivity contribution < 1.29 is 29.4 Å². The van der Waals surface area contributed by atoms with Crippen molar-refractivity contribution in [2.45, 2.75) is 31.3 Å². The number of thiol groups is 1. The second kappa shape index (κ2) is 12.0. The summed E-state index contributed by atoms with van der Waals surface area (Å²) < 4.78 is 0. The lowest BCUT2D eigenvalue weighted by Gasteiger charge is -2.30. The van der Waals surface area contributed by atoms with Crippen LogP contribution in [0.5, 0.6) is 0 Å². The highest BCUT2D eigenvalue weighted by atomic mass is 32.1. The van der Waals surface area contributed by atoms with Crippen LogP contribution in [0.3, 0.4) is 0 Å². The normalized spacial score (nSPS) is 17.5. The Morgan fingerprint density at radius 1 is 1.16 bits per heavy atom. The Morgan fingerprint density at radius 2 is 1.78 bits per heavy atom. The minimum Gasteiger partial charge on any atom is -0.480 e. The second-order valence-electron chi connectivity index (χ2n) is 8.52. The van der Waals surface area contributed by atoms with Gasteiger partial charge in [0.05, 0.1) is 23.5 Å². The zero-order valence-electron chi connectivity index (χ0n) is 20.3. The van der Waals surface area contributed by atoms with E-state index in [1.807, 2.05) is 6.07 Å². The van der Waals surface area contributed by atoms with Crippen LogP contribution in [0.2, 0.25) is 0 Å². The molecule has 12 heteroatoms. The summed E-state index contributed by atoms with van der Waals surface area (Å²) in [6.07, 6.45) is -2.75. The van der Waals surface area contributed by atoms with E-state index >= 15 is 0 Å². The Hall–Kier alpha value is -3.74. The van der Waals surface area contributed by atoms with Crippen molar-refractivity contribution in [1.29, 1.82) is 0 Å². The fraction of sp³-hybridized carbons (Fsp3) is 0.320. The number of aliphatic hydroxyl groups is 1. The number of fused-ring (bicyclic) bond motifs is 1. The monoisotopic (exact) mass is 527 g/mol. The Morgan fingerprint density at radius 3 is 2.38 bits per heavy atom. The lowest BCUT2D eigenvalue weighted by atomic mass is 10.0. The molecule has 0 radical (unpaired) electrons. The largest absolute Gasteiger partial charge is 0.480 e. The molecule has 2 unspecified atom stereocenters. The average molecular weight is 528 g/mol. The van der Waals surface area contributed by atoms with Gasteiger partial charge in [-0.05, 0) is 13.0 Å². The van der Waals surface area contributed by atoms with Crippen molar-refractivity contribution >= 4 is 47.7 Å². The fourth-order valence-electron chi connectivity index (χ4n) is 3.87. The van der Waals surface area contributed by atoms with Gasteiger partial charge >= 0.3 is 5.97 Å². The van der Waals surface area contributed by atoms with Crippen LogP contribution < -0.4 is 16.0 Å². The molecule has 3 amide bonds. The number of aliphatic hydroxyl groups excluding tert-OH is 1. The Bertz CT molecular complexity index is 1210. The number of benzene rings is 2. The summed E-state index contributed by atoms with van der Waals surface area (Å²) in [6, 6.07) is 13.3. The highest BCUT2D eigenvalue weighted by Crippen LogP contribution is 2.29. The number of hydrogen-bond acceptors (Lipinski definition) is 8. The Labute approximate surface area is 219 Å². The molecule has 0 spiro atoms. The number of carboxylic acids is 1. The number of benzodiazepines with no additional fused rings is 1. The maximum Gasteiger partial charge on any atom is 0.328 e. The molecule has 37 heavy (non-hydrogen) atoms. The number of carboxylic acid groups (broad SMARTS) is 1. The molecule has 2 aromatic carbocycles. The number of anilines is 1. The fourth-order valence-corrected chi connectivity index (χ4v) is 4.02. The van der Waals surface area contributed by atoms with Crippen molar-refractivity contribution in [2.24, 2.45) is 10.7 Å². The molecule has 0 aromatic heterocycles. The number of nitrogens with two attached hydrogens (primary N) is 1. The number of nitrogens with zero attached hydrogens (tertiary/aromatic N) is 3. The highest BCUT2D eigenvalue weighted by molar-refractivity contribution is 7.80. The SMILES string of the molecule is C[C@@H](O)[C@H](NC(=O)CN1C(=O)C(N(C)C(=O)C(N)CS)N=C(c2ccccc2)c2ccccc21)C(=O)O. The van der Waals surface area contributed by atoms with Gasteiger partial charge in [-0.1, -0.05) is 48.5 Å². The molecule has 0 saturated heterocycles. The van der Waals surface area contributed by atoms with Crippen LogP contribution >= 0.6 is 12.6 Å². The maximum atomic E-state index is 13.9. The molecule has 196 valence electrons. The molecular weight excluding hydrogens is 498 g/mol. The molecule has 0 aliphatic carbocycles. The van der Waals surface area contributed by atoms with Gasteiger partial charge in [-0.2, -0.15) is 12.6 Å². The molecule has 4 atom stereocenters. The van der Waals surface area contributed by atoms with E-state index in [9.17, 15) is 29.4 Å². The topological polar surface area (TPSA) is 166 Å². The Kier molecular flexibility index (Phi) is 9.03.